The van der Waals surface area contributed by atoms with Gasteiger partial charge in [0.15, 0.2) is 0 Å². The Bertz CT molecular complexity index is 897. The van der Waals surface area contributed by atoms with Crippen LogP contribution in [0.2, 0.25) is 0 Å². The molecule has 0 saturated carbocycles. The number of hydrogen-bond donors (Lipinski definition) is 1. The number of amides is 1. The molecule has 0 aliphatic carbocycles. The van der Waals surface area contributed by atoms with Crippen LogP contribution in [0.15, 0.2) is 42.7 Å². The van der Waals surface area contributed by atoms with Gasteiger partial charge >= 0.3 is 0 Å². The van der Waals surface area contributed by atoms with Gasteiger partial charge in [0.05, 0.1) is 5.56 Å². The molecule has 1 aliphatic heterocycles. The van der Waals surface area contributed by atoms with Crippen LogP contribution >= 0.6 is 0 Å². The van der Waals surface area contributed by atoms with Crippen LogP contribution in [0.25, 0.3) is 10.9 Å². The average Bonchev–Trinajstić information content (AvgIpc) is 3.06. The van der Waals surface area contributed by atoms with Crippen LogP contribution in [0.1, 0.15) is 29.0 Å². The van der Waals surface area contributed by atoms with Gasteiger partial charge in [0.1, 0.15) is 11.9 Å². The second kappa shape index (κ2) is 6.55. The number of nitrogens with zero attached hydrogens (tertiary/aromatic N) is 3. The Morgan fingerprint density at radius 2 is 2.04 bits per heavy atom. The summed E-state index contributed by atoms with van der Waals surface area (Å²) in [5, 5.41) is 0.974. The molecule has 1 saturated heterocycles. The molecule has 0 atom stereocenters. The van der Waals surface area contributed by atoms with Crippen molar-refractivity contribution >= 4 is 16.8 Å². The number of aryl methyl sites for hydroxylation is 1. The van der Waals surface area contributed by atoms with E-state index in [0.29, 0.717) is 24.8 Å². The number of nitrogens with one attached hydrogen (secondary N) is 1. The number of para-hydroxylation sites is 1. The zero-order valence-corrected chi connectivity index (χ0v) is 14.1. The monoisotopic (exact) mass is 336 g/mol. The van der Waals surface area contributed by atoms with Crippen molar-refractivity contribution in [2.24, 2.45) is 0 Å². The number of piperidine rings is 1. The molecule has 1 aliphatic rings. The summed E-state index contributed by atoms with van der Waals surface area (Å²) in [7, 11) is 0. The molecular formula is C19H20N4O2. The topological polar surface area (TPSA) is 71.1 Å². The zero-order chi connectivity index (χ0) is 17.2. The van der Waals surface area contributed by atoms with Gasteiger partial charge in [0.2, 0.25) is 5.88 Å². The van der Waals surface area contributed by atoms with Crippen LogP contribution in [-0.4, -0.2) is 45.0 Å². The summed E-state index contributed by atoms with van der Waals surface area (Å²) in [6.45, 7) is 3.22. The van der Waals surface area contributed by atoms with E-state index in [2.05, 4.69) is 15.0 Å². The number of carbonyl (C=O) groups excluding carboxylic acids is 1. The zero-order valence-electron chi connectivity index (χ0n) is 14.1. The predicted octanol–water partition coefficient (Wildman–Crippen LogP) is 2.95. The molecule has 1 aromatic carbocycles. The summed E-state index contributed by atoms with van der Waals surface area (Å²) >= 11 is 0. The molecule has 0 unspecified atom stereocenters. The fraction of sp³-hybridized carbons (Fsp3) is 0.316. The Morgan fingerprint density at radius 3 is 2.84 bits per heavy atom. The molecule has 3 aromatic rings. The first-order valence-electron chi connectivity index (χ1n) is 8.52. The van der Waals surface area contributed by atoms with E-state index < -0.39 is 0 Å². The van der Waals surface area contributed by atoms with E-state index in [-0.39, 0.29) is 12.0 Å². The summed E-state index contributed by atoms with van der Waals surface area (Å²) in [6.07, 6.45) is 5.20. The highest BCUT2D eigenvalue weighted by molar-refractivity contribution is 6.06. The van der Waals surface area contributed by atoms with Gasteiger partial charge < -0.3 is 14.6 Å². The first-order chi connectivity index (χ1) is 12.2. The van der Waals surface area contributed by atoms with Crippen molar-refractivity contribution in [2.45, 2.75) is 25.9 Å². The van der Waals surface area contributed by atoms with E-state index in [1.165, 1.54) is 0 Å². The van der Waals surface area contributed by atoms with Crippen LogP contribution < -0.4 is 4.74 Å². The van der Waals surface area contributed by atoms with Crippen molar-refractivity contribution in [1.82, 2.24) is 19.9 Å². The number of rotatable bonds is 3. The number of benzene rings is 1. The minimum Gasteiger partial charge on any atom is -0.474 e. The van der Waals surface area contributed by atoms with Gasteiger partial charge in [-0.2, -0.15) is 4.98 Å². The number of hydrogen-bond acceptors (Lipinski definition) is 4. The van der Waals surface area contributed by atoms with Crippen LogP contribution in [0.5, 0.6) is 5.88 Å². The first-order valence-corrected chi connectivity index (χ1v) is 8.52. The fourth-order valence-corrected chi connectivity index (χ4v) is 3.27. The molecule has 1 fully saturated rings. The molecule has 0 spiro atoms. The molecular weight excluding hydrogens is 316 g/mol. The van der Waals surface area contributed by atoms with Crippen LogP contribution in [0, 0.1) is 6.92 Å². The summed E-state index contributed by atoms with van der Waals surface area (Å²) in [5.74, 6) is 1.38. The minimum atomic E-state index is 0.0776. The van der Waals surface area contributed by atoms with Crippen LogP contribution in [-0.2, 0) is 0 Å². The summed E-state index contributed by atoms with van der Waals surface area (Å²) in [5.41, 5.74) is 1.73. The molecule has 0 radical (unpaired) electrons. The SMILES string of the molecule is Cc1nccc(OC2CCN(C(=O)c3c[nH]c4ccccc34)CC2)n1. The third-order valence-corrected chi connectivity index (χ3v) is 4.59. The van der Waals surface area contributed by atoms with Crippen molar-refractivity contribution < 1.29 is 9.53 Å². The van der Waals surface area contributed by atoms with E-state index in [9.17, 15) is 4.79 Å². The van der Waals surface area contributed by atoms with Gasteiger partial charge in [-0.1, -0.05) is 18.2 Å². The molecule has 1 amide bonds. The van der Waals surface area contributed by atoms with Gasteiger partial charge in [-0.05, 0) is 13.0 Å². The largest absolute Gasteiger partial charge is 0.474 e. The second-order valence-electron chi connectivity index (χ2n) is 6.30. The molecule has 128 valence electrons. The highest BCUT2D eigenvalue weighted by Crippen LogP contribution is 2.22. The number of ether oxygens (including phenoxy) is 1. The Kier molecular flexibility index (Phi) is 4.09. The van der Waals surface area contributed by atoms with Crippen LogP contribution in [0.3, 0.4) is 0 Å². The number of carbonyl (C=O) groups is 1. The second-order valence-corrected chi connectivity index (χ2v) is 6.30. The normalized spacial score (nSPS) is 15.5. The Morgan fingerprint density at radius 1 is 1.24 bits per heavy atom. The maximum atomic E-state index is 12.8. The molecule has 6 heteroatoms. The van der Waals surface area contributed by atoms with Crippen molar-refractivity contribution in [1.29, 1.82) is 0 Å². The van der Waals surface area contributed by atoms with Crippen molar-refractivity contribution in [3.05, 3.63) is 54.1 Å². The lowest BCUT2D eigenvalue weighted by molar-refractivity contribution is 0.0589. The van der Waals surface area contributed by atoms with Gasteiger partial charge in [-0.15, -0.1) is 0 Å². The van der Waals surface area contributed by atoms with Crippen LogP contribution in [0.4, 0.5) is 0 Å². The Hall–Kier alpha value is -2.89. The van der Waals surface area contributed by atoms with Gasteiger partial charge in [0.25, 0.3) is 5.91 Å². The van der Waals surface area contributed by atoms with Gasteiger partial charge in [-0.25, -0.2) is 4.98 Å². The van der Waals surface area contributed by atoms with Crippen molar-refractivity contribution in [2.75, 3.05) is 13.1 Å². The highest BCUT2D eigenvalue weighted by atomic mass is 16.5. The molecule has 2 aromatic heterocycles. The molecule has 1 N–H and O–H groups in total. The third kappa shape index (κ3) is 3.20. The molecule has 0 bridgehead atoms. The van der Waals surface area contributed by atoms with Crippen molar-refractivity contribution in [3.63, 3.8) is 0 Å². The highest BCUT2D eigenvalue weighted by Gasteiger charge is 2.26. The Labute approximate surface area is 145 Å². The fourth-order valence-electron chi connectivity index (χ4n) is 3.27. The molecule has 6 nitrogen and oxygen atoms in total. The third-order valence-electron chi connectivity index (χ3n) is 4.59. The molecule has 25 heavy (non-hydrogen) atoms. The number of H-pyrrole nitrogens is 1. The summed E-state index contributed by atoms with van der Waals surface area (Å²) in [6, 6.07) is 9.65. The molecule has 3 heterocycles. The smallest absolute Gasteiger partial charge is 0.256 e. The van der Waals surface area contributed by atoms with E-state index in [1.54, 1.807) is 18.5 Å². The number of aromatic nitrogens is 3. The quantitative estimate of drug-likeness (QED) is 0.798. The number of likely N-dealkylation sites (tertiary alicyclic amines) is 1. The van der Waals surface area contributed by atoms with Crippen molar-refractivity contribution in [3.8, 4) is 5.88 Å². The lowest BCUT2D eigenvalue weighted by atomic mass is 10.1. The maximum absolute atomic E-state index is 12.8. The average molecular weight is 336 g/mol. The lowest BCUT2D eigenvalue weighted by Gasteiger charge is -2.31. The predicted molar refractivity (Wildman–Crippen MR) is 94.6 cm³/mol. The summed E-state index contributed by atoms with van der Waals surface area (Å²) < 4.78 is 5.93. The van der Waals surface area contributed by atoms with E-state index in [0.717, 1.165) is 29.3 Å². The lowest BCUT2D eigenvalue weighted by Crippen LogP contribution is -2.41. The minimum absolute atomic E-state index is 0.0776. The summed E-state index contributed by atoms with van der Waals surface area (Å²) in [4.78, 5) is 26.3. The number of fused-ring (bicyclic) bond motifs is 1. The van der Waals surface area contributed by atoms with E-state index in [1.807, 2.05) is 36.1 Å². The van der Waals surface area contributed by atoms with Gasteiger partial charge in [0, 0.05) is 55.3 Å². The van der Waals surface area contributed by atoms with Gasteiger partial charge in [-0.3, -0.25) is 4.79 Å². The number of aromatic amines is 1. The Balaban J connectivity index is 1.40. The maximum Gasteiger partial charge on any atom is 0.256 e. The molecule has 4 rings (SSSR count). The standard InChI is InChI=1S/C19H20N4O2/c1-13-20-9-6-18(22-13)25-14-7-10-23(11-8-14)19(24)16-12-21-17-5-3-2-4-15(16)17/h2-6,9,12,14,21H,7-8,10-11H2,1H3. The first kappa shape index (κ1) is 15.6. The van der Waals surface area contributed by atoms with E-state index >= 15 is 0 Å². The van der Waals surface area contributed by atoms with E-state index in [4.69, 9.17) is 4.74 Å².